The molecule has 0 aliphatic carbocycles. The van der Waals surface area contributed by atoms with Crippen LogP contribution in [-0.4, -0.2) is 34.5 Å². The molecule has 2 amide bonds. The fraction of sp³-hybridized carbons (Fsp3) is 0.800. The van der Waals surface area contributed by atoms with Gasteiger partial charge in [0.1, 0.15) is 0 Å². The third kappa shape index (κ3) is 6.28. The fourth-order valence-electron chi connectivity index (χ4n) is 1.04. The minimum Gasteiger partial charge on any atom is -0.393 e. The van der Waals surface area contributed by atoms with Crippen molar-refractivity contribution in [2.75, 3.05) is 7.05 Å². The first kappa shape index (κ1) is 14.2. The summed E-state index contributed by atoms with van der Waals surface area (Å²) in [5.41, 5.74) is 5.20. The lowest BCUT2D eigenvalue weighted by Gasteiger charge is -2.29. The number of nitrogens with two attached hydrogens (primary N) is 1. The molecule has 1 unspecified atom stereocenters. The molecule has 0 bridgehead atoms. The van der Waals surface area contributed by atoms with Crippen molar-refractivity contribution in [3.63, 3.8) is 0 Å². The van der Waals surface area contributed by atoms with E-state index in [9.17, 15) is 4.79 Å². The van der Waals surface area contributed by atoms with Gasteiger partial charge in [0.2, 0.25) is 0 Å². The van der Waals surface area contributed by atoms with Gasteiger partial charge in [-0.3, -0.25) is 0 Å². The standard InChI is InChI=1S/C10H21N3OS/c1-7(6-8(11)15)13(5)9(14)12-10(2,3)4/h7H,6H2,1-5H3,(H2,11,15)(H,12,14). The Hall–Kier alpha value is -0.840. The zero-order chi connectivity index (χ0) is 12.2. The number of rotatable bonds is 3. The second-order valence-corrected chi connectivity index (χ2v) is 5.33. The number of thiocarbonyl (C=S) groups is 1. The van der Waals surface area contributed by atoms with Crippen LogP contribution < -0.4 is 11.1 Å². The highest BCUT2D eigenvalue weighted by Crippen LogP contribution is 2.05. The number of hydrogen-bond donors (Lipinski definition) is 2. The van der Waals surface area contributed by atoms with Gasteiger partial charge in [-0.05, 0) is 27.7 Å². The summed E-state index contributed by atoms with van der Waals surface area (Å²) in [5, 5.41) is 2.88. The molecule has 0 fully saturated rings. The second-order valence-electron chi connectivity index (χ2n) is 4.81. The Morgan fingerprint density at radius 3 is 2.33 bits per heavy atom. The van der Waals surface area contributed by atoms with E-state index in [2.05, 4.69) is 5.32 Å². The average Bonchev–Trinajstić information content (AvgIpc) is 1.98. The number of nitrogens with zero attached hydrogens (tertiary/aromatic N) is 1. The number of hydrogen-bond acceptors (Lipinski definition) is 2. The molecule has 88 valence electrons. The van der Waals surface area contributed by atoms with Crippen molar-refractivity contribution in [3.8, 4) is 0 Å². The van der Waals surface area contributed by atoms with E-state index in [4.69, 9.17) is 18.0 Å². The van der Waals surface area contributed by atoms with Gasteiger partial charge in [0.05, 0.1) is 4.99 Å². The van der Waals surface area contributed by atoms with Crippen LogP contribution in [0.3, 0.4) is 0 Å². The van der Waals surface area contributed by atoms with Crippen molar-refractivity contribution >= 4 is 23.2 Å². The van der Waals surface area contributed by atoms with Gasteiger partial charge >= 0.3 is 6.03 Å². The van der Waals surface area contributed by atoms with Crippen LogP contribution in [0.25, 0.3) is 0 Å². The number of carbonyl (C=O) groups excluding carboxylic acids is 1. The summed E-state index contributed by atoms with van der Waals surface area (Å²) in [6.07, 6.45) is 0.545. The number of carbonyl (C=O) groups is 1. The number of amides is 2. The molecule has 3 N–H and O–H groups in total. The lowest BCUT2D eigenvalue weighted by atomic mass is 10.1. The number of nitrogens with one attached hydrogen (secondary N) is 1. The summed E-state index contributed by atoms with van der Waals surface area (Å²) in [6, 6.07) is -0.0869. The average molecular weight is 231 g/mol. The van der Waals surface area contributed by atoms with Crippen molar-refractivity contribution in [2.24, 2.45) is 5.73 Å². The highest BCUT2D eigenvalue weighted by atomic mass is 32.1. The van der Waals surface area contributed by atoms with Crippen molar-refractivity contribution in [3.05, 3.63) is 0 Å². The van der Waals surface area contributed by atoms with E-state index in [1.54, 1.807) is 11.9 Å². The maximum absolute atomic E-state index is 11.7. The van der Waals surface area contributed by atoms with Crippen LogP contribution in [0.2, 0.25) is 0 Å². The van der Waals surface area contributed by atoms with Crippen LogP contribution in [0, 0.1) is 0 Å². The molecule has 0 rings (SSSR count). The predicted octanol–water partition coefficient (Wildman–Crippen LogP) is 1.49. The van der Waals surface area contributed by atoms with Crippen LogP contribution in [0.5, 0.6) is 0 Å². The predicted molar refractivity (Wildman–Crippen MR) is 66.9 cm³/mol. The topological polar surface area (TPSA) is 58.4 Å². The fourth-order valence-corrected chi connectivity index (χ4v) is 1.28. The smallest absolute Gasteiger partial charge is 0.317 e. The molecule has 0 radical (unpaired) electrons. The summed E-state index contributed by atoms with van der Waals surface area (Å²) in [5.74, 6) is 0. The largest absolute Gasteiger partial charge is 0.393 e. The third-order valence-electron chi connectivity index (χ3n) is 1.96. The van der Waals surface area contributed by atoms with Crippen molar-refractivity contribution < 1.29 is 4.79 Å². The molecule has 0 aromatic rings. The Kier molecular flexibility index (Phi) is 5.00. The second kappa shape index (κ2) is 5.30. The maximum Gasteiger partial charge on any atom is 0.317 e. The molecule has 0 saturated heterocycles. The lowest BCUT2D eigenvalue weighted by molar-refractivity contribution is 0.186. The number of urea groups is 1. The summed E-state index contributed by atoms with van der Waals surface area (Å²) in [6.45, 7) is 7.74. The van der Waals surface area contributed by atoms with Gasteiger partial charge in [-0.2, -0.15) is 0 Å². The Morgan fingerprint density at radius 1 is 1.53 bits per heavy atom. The molecule has 0 aromatic heterocycles. The molecule has 0 aliphatic rings. The van der Waals surface area contributed by atoms with Crippen molar-refractivity contribution in [1.82, 2.24) is 10.2 Å². The molecule has 0 aromatic carbocycles. The first-order valence-electron chi connectivity index (χ1n) is 4.97. The van der Waals surface area contributed by atoms with Crippen LogP contribution in [-0.2, 0) is 0 Å². The van der Waals surface area contributed by atoms with Gasteiger partial charge in [-0.15, -0.1) is 0 Å². The van der Waals surface area contributed by atoms with Gasteiger partial charge < -0.3 is 16.0 Å². The molecule has 1 atom stereocenters. The quantitative estimate of drug-likeness (QED) is 0.724. The molecule has 0 spiro atoms. The van der Waals surface area contributed by atoms with Gasteiger partial charge in [0.15, 0.2) is 0 Å². The van der Waals surface area contributed by atoms with Crippen LogP contribution >= 0.6 is 12.2 Å². The monoisotopic (exact) mass is 231 g/mol. The van der Waals surface area contributed by atoms with E-state index in [1.807, 2.05) is 27.7 Å². The Labute approximate surface area is 97.2 Å². The van der Waals surface area contributed by atoms with Crippen LogP contribution in [0.1, 0.15) is 34.1 Å². The highest BCUT2D eigenvalue weighted by molar-refractivity contribution is 7.80. The van der Waals surface area contributed by atoms with Crippen LogP contribution in [0.4, 0.5) is 4.79 Å². The molecule has 0 saturated carbocycles. The van der Waals surface area contributed by atoms with Crippen molar-refractivity contribution in [1.29, 1.82) is 0 Å². The maximum atomic E-state index is 11.7. The van der Waals surface area contributed by atoms with E-state index in [0.29, 0.717) is 11.4 Å². The minimum atomic E-state index is -0.228. The summed E-state index contributed by atoms with van der Waals surface area (Å²) in [7, 11) is 1.74. The molecular weight excluding hydrogens is 210 g/mol. The molecule has 15 heavy (non-hydrogen) atoms. The van der Waals surface area contributed by atoms with Gasteiger partial charge in [0, 0.05) is 25.0 Å². The highest BCUT2D eigenvalue weighted by Gasteiger charge is 2.20. The molecule has 5 heteroatoms. The first-order valence-corrected chi connectivity index (χ1v) is 5.37. The molecule has 4 nitrogen and oxygen atoms in total. The van der Waals surface area contributed by atoms with E-state index < -0.39 is 0 Å². The Bertz CT molecular complexity index is 248. The summed E-state index contributed by atoms with van der Waals surface area (Å²) < 4.78 is 0. The lowest BCUT2D eigenvalue weighted by Crippen LogP contribution is -2.50. The van der Waals surface area contributed by atoms with Crippen molar-refractivity contribution in [2.45, 2.75) is 45.7 Å². The SMILES string of the molecule is CC(CC(N)=S)N(C)C(=O)NC(C)(C)C. The van der Waals surface area contributed by atoms with Gasteiger partial charge in [-0.25, -0.2) is 4.79 Å². The van der Waals surface area contributed by atoms with Gasteiger partial charge in [0.25, 0.3) is 0 Å². The van der Waals surface area contributed by atoms with E-state index in [0.717, 1.165) is 0 Å². The summed E-state index contributed by atoms with van der Waals surface area (Å²) >= 11 is 4.81. The normalized spacial score (nSPS) is 13.1. The zero-order valence-electron chi connectivity index (χ0n) is 10.1. The summed E-state index contributed by atoms with van der Waals surface area (Å²) in [4.78, 5) is 13.8. The Balaban J connectivity index is 4.25. The van der Waals surface area contributed by atoms with Crippen LogP contribution in [0.15, 0.2) is 0 Å². The molecular formula is C10H21N3OS. The van der Waals surface area contributed by atoms with Gasteiger partial charge in [-0.1, -0.05) is 12.2 Å². The third-order valence-corrected chi connectivity index (χ3v) is 2.13. The van der Waals surface area contributed by atoms with E-state index in [1.165, 1.54) is 0 Å². The first-order chi connectivity index (χ1) is 6.63. The Morgan fingerprint density at radius 2 is 2.00 bits per heavy atom. The molecule has 0 heterocycles. The molecule has 0 aliphatic heterocycles. The zero-order valence-corrected chi connectivity index (χ0v) is 10.9. The van der Waals surface area contributed by atoms with E-state index >= 15 is 0 Å². The minimum absolute atomic E-state index is 0.0184. The van der Waals surface area contributed by atoms with E-state index in [-0.39, 0.29) is 17.6 Å².